The fourth-order valence-corrected chi connectivity index (χ4v) is 2.59. The highest BCUT2D eigenvalue weighted by Crippen LogP contribution is 2.25. The number of aryl methyl sites for hydroxylation is 1. The molecular formula is C16H22N2O. The SMILES string of the molecule is CNCC(C(=O)c1cn(C)c2ccccc12)C(C)C. The molecule has 3 nitrogen and oxygen atoms in total. The van der Waals surface area contributed by atoms with E-state index < -0.39 is 0 Å². The number of hydrogen-bond acceptors (Lipinski definition) is 2. The van der Waals surface area contributed by atoms with E-state index in [4.69, 9.17) is 0 Å². The van der Waals surface area contributed by atoms with Crippen molar-refractivity contribution in [2.24, 2.45) is 18.9 Å². The third-order valence-electron chi connectivity index (χ3n) is 3.73. The maximum atomic E-state index is 12.8. The summed E-state index contributed by atoms with van der Waals surface area (Å²) in [6.07, 6.45) is 1.96. The number of Topliss-reactive ketones (excluding diaryl/α,β-unsaturated/α-hetero) is 1. The molecule has 0 saturated heterocycles. The van der Waals surface area contributed by atoms with Crippen molar-refractivity contribution in [1.29, 1.82) is 0 Å². The average Bonchev–Trinajstić information content (AvgIpc) is 2.73. The molecule has 0 saturated carbocycles. The summed E-state index contributed by atoms with van der Waals surface area (Å²) in [5.74, 6) is 0.593. The zero-order chi connectivity index (χ0) is 14.0. The summed E-state index contributed by atoms with van der Waals surface area (Å²) in [6.45, 7) is 4.93. The van der Waals surface area contributed by atoms with E-state index in [9.17, 15) is 4.79 Å². The second-order valence-corrected chi connectivity index (χ2v) is 5.44. The lowest BCUT2D eigenvalue weighted by Crippen LogP contribution is -2.30. The van der Waals surface area contributed by atoms with Gasteiger partial charge in [-0.15, -0.1) is 0 Å². The number of carbonyl (C=O) groups is 1. The molecule has 3 heteroatoms. The van der Waals surface area contributed by atoms with Crippen LogP contribution in [0.2, 0.25) is 0 Å². The molecule has 0 aliphatic rings. The van der Waals surface area contributed by atoms with Crippen molar-refractivity contribution < 1.29 is 4.79 Å². The lowest BCUT2D eigenvalue weighted by atomic mass is 9.88. The van der Waals surface area contributed by atoms with Gasteiger partial charge in [-0.25, -0.2) is 0 Å². The minimum Gasteiger partial charge on any atom is -0.350 e. The van der Waals surface area contributed by atoms with Crippen LogP contribution in [-0.2, 0) is 7.05 Å². The van der Waals surface area contributed by atoms with Gasteiger partial charge in [0.05, 0.1) is 0 Å². The highest BCUT2D eigenvalue weighted by atomic mass is 16.1. The Balaban J connectivity index is 2.46. The van der Waals surface area contributed by atoms with Crippen LogP contribution in [0.15, 0.2) is 30.5 Å². The summed E-state index contributed by atoms with van der Waals surface area (Å²) in [6, 6.07) is 8.07. The van der Waals surface area contributed by atoms with Crippen LogP contribution in [0.5, 0.6) is 0 Å². The van der Waals surface area contributed by atoms with Crippen LogP contribution in [-0.4, -0.2) is 23.9 Å². The number of rotatable bonds is 5. The molecular weight excluding hydrogens is 236 g/mol. The Morgan fingerprint density at radius 3 is 2.63 bits per heavy atom. The monoisotopic (exact) mass is 258 g/mol. The Hall–Kier alpha value is -1.61. The van der Waals surface area contributed by atoms with Crippen LogP contribution in [0, 0.1) is 11.8 Å². The number of ketones is 1. The quantitative estimate of drug-likeness (QED) is 0.837. The Morgan fingerprint density at radius 1 is 1.32 bits per heavy atom. The zero-order valence-electron chi connectivity index (χ0n) is 12.1. The maximum Gasteiger partial charge on any atom is 0.169 e. The minimum absolute atomic E-state index is 0.0239. The largest absolute Gasteiger partial charge is 0.350 e. The summed E-state index contributed by atoms with van der Waals surface area (Å²) in [4.78, 5) is 12.8. The Morgan fingerprint density at radius 2 is 2.00 bits per heavy atom. The smallest absolute Gasteiger partial charge is 0.169 e. The van der Waals surface area contributed by atoms with Crippen molar-refractivity contribution in [1.82, 2.24) is 9.88 Å². The second-order valence-electron chi connectivity index (χ2n) is 5.44. The van der Waals surface area contributed by atoms with Crippen LogP contribution >= 0.6 is 0 Å². The predicted octanol–water partition coefficient (Wildman–Crippen LogP) is 2.85. The lowest BCUT2D eigenvalue weighted by Gasteiger charge is -2.18. The van der Waals surface area contributed by atoms with Crippen LogP contribution < -0.4 is 5.32 Å². The topological polar surface area (TPSA) is 34.0 Å². The molecule has 1 aromatic heterocycles. The van der Waals surface area contributed by atoms with Gasteiger partial charge in [0.15, 0.2) is 5.78 Å². The summed E-state index contributed by atoms with van der Waals surface area (Å²) in [7, 11) is 3.88. The van der Waals surface area contributed by atoms with Crippen molar-refractivity contribution >= 4 is 16.7 Å². The molecule has 2 rings (SSSR count). The molecule has 0 fully saturated rings. The van der Waals surface area contributed by atoms with E-state index >= 15 is 0 Å². The van der Waals surface area contributed by atoms with Crippen molar-refractivity contribution in [2.75, 3.05) is 13.6 Å². The molecule has 2 aromatic rings. The van der Waals surface area contributed by atoms with Crippen LogP contribution in [0.1, 0.15) is 24.2 Å². The van der Waals surface area contributed by atoms with E-state index in [-0.39, 0.29) is 11.7 Å². The van der Waals surface area contributed by atoms with E-state index in [1.807, 2.05) is 43.1 Å². The fourth-order valence-electron chi connectivity index (χ4n) is 2.59. The first-order valence-electron chi connectivity index (χ1n) is 6.79. The Bertz CT molecular complexity index is 583. The van der Waals surface area contributed by atoms with Gasteiger partial charge >= 0.3 is 0 Å². The van der Waals surface area contributed by atoms with E-state index in [0.29, 0.717) is 5.92 Å². The number of fused-ring (bicyclic) bond motifs is 1. The van der Waals surface area contributed by atoms with Crippen LogP contribution in [0.3, 0.4) is 0 Å². The molecule has 0 aliphatic carbocycles. The number of benzene rings is 1. The molecule has 1 unspecified atom stereocenters. The van der Waals surface area contributed by atoms with Crippen molar-refractivity contribution in [3.63, 3.8) is 0 Å². The highest BCUT2D eigenvalue weighted by molar-refractivity contribution is 6.09. The molecule has 0 amide bonds. The predicted molar refractivity (Wildman–Crippen MR) is 79.5 cm³/mol. The molecule has 0 radical (unpaired) electrons. The molecule has 1 aromatic carbocycles. The fraction of sp³-hybridized carbons (Fsp3) is 0.438. The molecule has 19 heavy (non-hydrogen) atoms. The third kappa shape index (κ3) is 2.56. The molecule has 1 atom stereocenters. The number of nitrogens with one attached hydrogen (secondary N) is 1. The maximum absolute atomic E-state index is 12.8. The van der Waals surface area contributed by atoms with Crippen LogP contribution in [0.25, 0.3) is 10.9 Å². The number of para-hydroxylation sites is 1. The third-order valence-corrected chi connectivity index (χ3v) is 3.73. The molecule has 0 spiro atoms. The first-order valence-corrected chi connectivity index (χ1v) is 6.79. The molecule has 102 valence electrons. The molecule has 0 bridgehead atoms. The van der Waals surface area contributed by atoms with E-state index in [1.54, 1.807) is 0 Å². The molecule has 0 aliphatic heterocycles. The minimum atomic E-state index is 0.0239. The van der Waals surface area contributed by atoms with Gasteiger partial charge in [-0.2, -0.15) is 0 Å². The van der Waals surface area contributed by atoms with Gasteiger partial charge in [-0.05, 0) is 19.0 Å². The number of hydrogen-bond donors (Lipinski definition) is 1. The Labute approximate surface area is 114 Å². The first kappa shape index (κ1) is 13.8. The van der Waals surface area contributed by atoms with E-state index in [1.165, 1.54) is 0 Å². The van der Waals surface area contributed by atoms with Gasteiger partial charge < -0.3 is 9.88 Å². The van der Waals surface area contributed by atoms with Crippen molar-refractivity contribution in [3.8, 4) is 0 Å². The number of nitrogens with zero attached hydrogens (tertiary/aromatic N) is 1. The van der Waals surface area contributed by atoms with Gasteiger partial charge in [0.25, 0.3) is 0 Å². The lowest BCUT2D eigenvalue weighted by molar-refractivity contribution is 0.0887. The van der Waals surface area contributed by atoms with Crippen molar-refractivity contribution in [2.45, 2.75) is 13.8 Å². The van der Waals surface area contributed by atoms with E-state index in [2.05, 4.69) is 25.2 Å². The number of aromatic nitrogens is 1. The molecule has 1 heterocycles. The second kappa shape index (κ2) is 5.57. The van der Waals surface area contributed by atoms with Gasteiger partial charge in [0, 0.05) is 42.2 Å². The first-order chi connectivity index (χ1) is 9.06. The van der Waals surface area contributed by atoms with Gasteiger partial charge in [0.2, 0.25) is 0 Å². The summed E-state index contributed by atoms with van der Waals surface area (Å²) in [5, 5.41) is 4.18. The average molecular weight is 258 g/mol. The summed E-state index contributed by atoms with van der Waals surface area (Å²) < 4.78 is 2.03. The van der Waals surface area contributed by atoms with Gasteiger partial charge in [-0.1, -0.05) is 32.0 Å². The highest BCUT2D eigenvalue weighted by Gasteiger charge is 2.25. The summed E-state index contributed by atoms with van der Waals surface area (Å²) >= 11 is 0. The Kier molecular flexibility index (Phi) is 4.05. The normalized spacial score (nSPS) is 13.1. The standard InChI is InChI=1S/C16H22N2O/c1-11(2)13(9-17-3)16(19)14-10-18(4)15-8-6-5-7-12(14)15/h5-8,10-11,13,17H,9H2,1-4H3. The zero-order valence-corrected chi connectivity index (χ0v) is 12.1. The van der Waals surface area contributed by atoms with Gasteiger partial charge in [0.1, 0.15) is 0 Å². The van der Waals surface area contributed by atoms with E-state index in [0.717, 1.165) is 23.0 Å². The van der Waals surface area contributed by atoms with Crippen molar-refractivity contribution in [3.05, 3.63) is 36.0 Å². The van der Waals surface area contributed by atoms with Gasteiger partial charge in [-0.3, -0.25) is 4.79 Å². The van der Waals surface area contributed by atoms with Crippen LogP contribution in [0.4, 0.5) is 0 Å². The number of carbonyl (C=O) groups excluding carboxylic acids is 1. The summed E-state index contributed by atoms with van der Waals surface area (Å²) in [5.41, 5.74) is 1.95. The molecule has 1 N–H and O–H groups in total.